The standard InChI is InChI=1S/C10H11FN2/c11-10-4-3-8(2-1-5-12)9(6-10)7-13/h3-4,6H,1-2,7,13H2. The van der Waals surface area contributed by atoms with Crippen LogP contribution in [0.2, 0.25) is 0 Å². The highest BCUT2D eigenvalue weighted by molar-refractivity contribution is 5.28. The zero-order valence-electron chi connectivity index (χ0n) is 7.26. The smallest absolute Gasteiger partial charge is 0.123 e. The van der Waals surface area contributed by atoms with E-state index in [1.54, 1.807) is 6.07 Å². The van der Waals surface area contributed by atoms with Crippen molar-refractivity contribution < 1.29 is 4.39 Å². The van der Waals surface area contributed by atoms with Gasteiger partial charge in [0.05, 0.1) is 6.07 Å². The lowest BCUT2D eigenvalue weighted by Gasteiger charge is -2.05. The highest BCUT2D eigenvalue weighted by Crippen LogP contribution is 2.12. The van der Waals surface area contributed by atoms with Crippen LogP contribution in [0, 0.1) is 17.1 Å². The van der Waals surface area contributed by atoms with Crippen LogP contribution < -0.4 is 5.73 Å². The van der Waals surface area contributed by atoms with Crippen molar-refractivity contribution in [1.82, 2.24) is 0 Å². The molecule has 0 spiro atoms. The van der Waals surface area contributed by atoms with Crippen LogP contribution in [0.15, 0.2) is 18.2 Å². The number of nitrogens with two attached hydrogens (primary N) is 1. The van der Waals surface area contributed by atoms with Crippen LogP contribution in [0.1, 0.15) is 17.5 Å². The van der Waals surface area contributed by atoms with Gasteiger partial charge >= 0.3 is 0 Å². The summed E-state index contributed by atoms with van der Waals surface area (Å²) in [6, 6.07) is 6.55. The number of hydrogen-bond donors (Lipinski definition) is 1. The van der Waals surface area contributed by atoms with Crippen molar-refractivity contribution in [3.8, 4) is 6.07 Å². The molecular formula is C10H11FN2. The molecule has 1 rings (SSSR count). The maximum absolute atomic E-state index is 12.7. The molecule has 0 radical (unpaired) electrons. The van der Waals surface area contributed by atoms with E-state index < -0.39 is 0 Å². The maximum atomic E-state index is 12.7. The maximum Gasteiger partial charge on any atom is 0.123 e. The molecule has 0 aliphatic heterocycles. The first-order valence-electron chi connectivity index (χ1n) is 4.12. The molecule has 0 heterocycles. The summed E-state index contributed by atoms with van der Waals surface area (Å²) >= 11 is 0. The molecule has 0 saturated carbocycles. The zero-order chi connectivity index (χ0) is 9.68. The second-order valence-electron chi connectivity index (χ2n) is 2.78. The number of aryl methyl sites for hydroxylation is 1. The molecule has 2 nitrogen and oxygen atoms in total. The zero-order valence-corrected chi connectivity index (χ0v) is 7.26. The van der Waals surface area contributed by atoms with Crippen molar-refractivity contribution >= 4 is 0 Å². The van der Waals surface area contributed by atoms with Crippen LogP contribution in [-0.2, 0) is 13.0 Å². The van der Waals surface area contributed by atoms with Gasteiger partial charge in [0.25, 0.3) is 0 Å². The van der Waals surface area contributed by atoms with Crippen LogP contribution >= 0.6 is 0 Å². The fourth-order valence-electron chi connectivity index (χ4n) is 1.22. The molecule has 1 aromatic rings. The van der Waals surface area contributed by atoms with Gasteiger partial charge in [-0.1, -0.05) is 6.07 Å². The van der Waals surface area contributed by atoms with Gasteiger partial charge in [-0.25, -0.2) is 4.39 Å². The third-order valence-corrected chi connectivity index (χ3v) is 1.89. The lowest BCUT2D eigenvalue weighted by molar-refractivity contribution is 0.624. The quantitative estimate of drug-likeness (QED) is 0.766. The normalized spacial score (nSPS) is 9.62. The largest absolute Gasteiger partial charge is 0.326 e. The van der Waals surface area contributed by atoms with E-state index in [0.717, 1.165) is 11.1 Å². The first kappa shape index (κ1) is 9.69. The number of benzene rings is 1. The summed E-state index contributed by atoms with van der Waals surface area (Å²) in [5, 5.41) is 8.39. The van der Waals surface area contributed by atoms with Crippen molar-refractivity contribution in [2.75, 3.05) is 0 Å². The van der Waals surface area contributed by atoms with Gasteiger partial charge in [0.1, 0.15) is 5.82 Å². The van der Waals surface area contributed by atoms with Crippen molar-refractivity contribution in [3.63, 3.8) is 0 Å². The summed E-state index contributed by atoms with van der Waals surface area (Å²) in [5.74, 6) is -0.277. The molecular weight excluding hydrogens is 167 g/mol. The van der Waals surface area contributed by atoms with E-state index in [-0.39, 0.29) is 5.82 Å². The van der Waals surface area contributed by atoms with Gasteiger partial charge in [-0.3, -0.25) is 0 Å². The van der Waals surface area contributed by atoms with E-state index in [4.69, 9.17) is 11.0 Å². The van der Waals surface area contributed by atoms with Gasteiger partial charge in [-0.2, -0.15) is 5.26 Å². The van der Waals surface area contributed by atoms with Crippen molar-refractivity contribution in [2.24, 2.45) is 5.73 Å². The third kappa shape index (κ3) is 2.53. The molecule has 13 heavy (non-hydrogen) atoms. The van der Waals surface area contributed by atoms with Crippen LogP contribution in [-0.4, -0.2) is 0 Å². The van der Waals surface area contributed by atoms with E-state index in [9.17, 15) is 4.39 Å². The fraction of sp³-hybridized carbons (Fsp3) is 0.300. The minimum atomic E-state index is -0.277. The molecule has 0 aliphatic rings. The van der Waals surface area contributed by atoms with Gasteiger partial charge in [-0.05, 0) is 29.7 Å². The second kappa shape index (κ2) is 4.58. The molecule has 0 aliphatic carbocycles. The molecule has 0 bridgehead atoms. The van der Waals surface area contributed by atoms with Crippen molar-refractivity contribution in [3.05, 3.63) is 35.1 Å². The number of nitrogens with zero attached hydrogens (tertiary/aromatic N) is 1. The Morgan fingerprint density at radius 3 is 2.77 bits per heavy atom. The fourth-order valence-corrected chi connectivity index (χ4v) is 1.22. The molecule has 0 aromatic heterocycles. The van der Waals surface area contributed by atoms with Gasteiger partial charge in [0, 0.05) is 13.0 Å². The van der Waals surface area contributed by atoms with Crippen molar-refractivity contribution in [2.45, 2.75) is 19.4 Å². The number of rotatable bonds is 3. The molecule has 0 unspecified atom stereocenters. The summed E-state index contributed by atoms with van der Waals surface area (Å²) in [4.78, 5) is 0. The lowest BCUT2D eigenvalue weighted by Crippen LogP contribution is -2.02. The van der Waals surface area contributed by atoms with Gasteiger partial charge in [0.15, 0.2) is 0 Å². The Hall–Kier alpha value is -1.40. The predicted octanol–water partition coefficient (Wildman–Crippen LogP) is 1.74. The van der Waals surface area contributed by atoms with Crippen LogP contribution in [0.4, 0.5) is 4.39 Å². The van der Waals surface area contributed by atoms with E-state index >= 15 is 0 Å². The van der Waals surface area contributed by atoms with Gasteiger partial charge in [0.2, 0.25) is 0 Å². The average Bonchev–Trinajstić information content (AvgIpc) is 2.16. The highest BCUT2D eigenvalue weighted by atomic mass is 19.1. The molecule has 3 heteroatoms. The number of nitriles is 1. The van der Waals surface area contributed by atoms with Crippen LogP contribution in [0.5, 0.6) is 0 Å². The Morgan fingerprint density at radius 1 is 1.38 bits per heavy atom. The monoisotopic (exact) mass is 178 g/mol. The molecule has 68 valence electrons. The Labute approximate surface area is 76.8 Å². The van der Waals surface area contributed by atoms with E-state index in [1.807, 2.05) is 6.07 Å². The SMILES string of the molecule is N#CCCc1ccc(F)cc1CN. The minimum Gasteiger partial charge on any atom is -0.326 e. The van der Waals surface area contributed by atoms with Crippen LogP contribution in [0.25, 0.3) is 0 Å². The van der Waals surface area contributed by atoms with E-state index in [0.29, 0.717) is 19.4 Å². The molecule has 2 N–H and O–H groups in total. The number of halogens is 1. The first-order chi connectivity index (χ1) is 6.27. The molecule has 0 atom stereocenters. The lowest BCUT2D eigenvalue weighted by atomic mass is 10.0. The van der Waals surface area contributed by atoms with Gasteiger partial charge < -0.3 is 5.73 Å². The Balaban J connectivity index is 2.87. The summed E-state index contributed by atoms with van der Waals surface area (Å²) in [6.45, 7) is 0.318. The van der Waals surface area contributed by atoms with E-state index in [2.05, 4.69) is 0 Å². The Morgan fingerprint density at radius 2 is 2.15 bits per heavy atom. The highest BCUT2D eigenvalue weighted by Gasteiger charge is 2.01. The van der Waals surface area contributed by atoms with Gasteiger partial charge in [-0.15, -0.1) is 0 Å². The molecule has 1 aromatic carbocycles. The summed E-state index contributed by atoms with van der Waals surface area (Å²) in [6.07, 6.45) is 1.09. The first-order valence-corrected chi connectivity index (χ1v) is 4.12. The summed E-state index contributed by atoms with van der Waals surface area (Å²) in [7, 11) is 0. The second-order valence-corrected chi connectivity index (χ2v) is 2.78. The molecule has 0 saturated heterocycles. The van der Waals surface area contributed by atoms with E-state index in [1.165, 1.54) is 12.1 Å². The summed E-state index contributed by atoms with van der Waals surface area (Å²) in [5.41, 5.74) is 7.19. The molecule has 0 fully saturated rings. The summed E-state index contributed by atoms with van der Waals surface area (Å²) < 4.78 is 12.7. The van der Waals surface area contributed by atoms with Crippen molar-refractivity contribution in [1.29, 1.82) is 5.26 Å². The Bertz CT molecular complexity index is 328. The topological polar surface area (TPSA) is 49.8 Å². The Kier molecular flexibility index (Phi) is 3.41. The average molecular weight is 178 g/mol. The predicted molar refractivity (Wildman–Crippen MR) is 48.2 cm³/mol. The van der Waals surface area contributed by atoms with Crippen LogP contribution in [0.3, 0.4) is 0 Å². The third-order valence-electron chi connectivity index (χ3n) is 1.89. The molecule has 0 amide bonds. The number of hydrogen-bond acceptors (Lipinski definition) is 2. The minimum absolute atomic E-state index is 0.277.